The van der Waals surface area contributed by atoms with E-state index in [1.807, 2.05) is 24.3 Å². The summed E-state index contributed by atoms with van der Waals surface area (Å²) in [6.45, 7) is 0. The third-order valence-corrected chi connectivity index (χ3v) is 2.89. The van der Waals surface area contributed by atoms with Crippen molar-refractivity contribution in [1.82, 2.24) is 0 Å². The van der Waals surface area contributed by atoms with Crippen molar-refractivity contribution >= 4 is 5.78 Å². The fraction of sp³-hybridized carbons (Fsp3) is 0.364. The molecule has 0 N–H and O–H groups in total. The number of Topliss-reactive ketones (excluding diaryl/α,β-unsaturated/α-hetero) is 1. The van der Waals surface area contributed by atoms with Crippen molar-refractivity contribution in [3.63, 3.8) is 0 Å². The number of hydrogen-bond donors (Lipinski definition) is 0. The Balaban J connectivity index is 2.22. The fourth-order valence-electron chi connectivity index (χ4n) is 2.23. The zero-order valence-electron chi connectivity index (χ0n) is 7.19. The van der Waals surface area contributed by atoms with Gasteiger partial charge in [0, 0.05) is 5.56 Å². The second-order valence-corrected chi connectivity index (χ2v) is 3.64. The van der Waals surface area contributed by atoms with E-state index < -0.39 is 0 Å². The van der Waals surface area contributed by atoms with Crippen molar-refractivity contribution in [2.45, 2.75) is 25.0 Å². The summed E-state index contributed by atoms with van der Waals surface area (Å²) < 4.78 is 5.59. The van der Waals surface area contributed by atoms with Crippen LogP contribution in [0.2, 0.25) is 0 Å². The standard InChI is InChI=1S/C11H10O2/c12-11-8-4-2-1-3-7(8)9-5-6-10(11)13-9/h1-4,9-10H,5-6H2. The molecule has 2 aliphatic rings. The summed E-state index contributed by atoms with van der Waals surface area (Å²) in [7, 11) is 0. The smallest absolute Gasteiger partial charge is 0.191 e. The third-order valence-electron chi connectivity index (χ3n) is 2.89. The Morgan fingerprint density at radius 1 is 1.15 bits per heavy atom. The fourth-order valence-corrected chi connectivity index (χ4v) is 2.23. The molecule has 2 aliphatic heterocycles. The van der Waals surface area contributed by atoms with Gasteiger partial charge in [0.1, 0.15) is 6.10 Å². The molecule has 2 unspecified atom stereocenters. The van der Waals surface area contributed by atoms with Gasteiger partial charge < -0.3 is 4.74 Å². The molecule has 2 nitrogen and oxygen atoms in total. The average molecular weight is 174 g/mol. The SMILES string of the molecule is O=C1c2ccccc2C2CCC1O2. The van der Waals surface area contributed by atoms with Crippen LogP contribution in [0.3, 0.4) is 0 Å². The molecule has 0 spiro atoms. The van der Waals surface area contributed by atoms with Gasteiger partial charge in [-0.3, -0.25) is 4.79 Å². The second-order valence-electron chi connectivity index (χ2n) is 3.64. The van der Waals surface area contributed by atoms with Crippen LogP contribution in [0.25, 0.3) is 0 Å². The molecule has 2 atom stereocenters. The van der Waals surface area contributed by atoms with Crippen LogP contribution < -0.4 is 0 Å². The normalized spacial score (nSPS) is 30.3. The van der Waals surface area contributed by atoms with Gasteiger partial charge in [-0.15, -0.1) is 0 Å². The lowest BCUT2D eigenvalue weighted by Crippen LogP contribution is -2.25. The van der Waals surface area contributed by atoms with E-state index in [1.165, 1.54) is 0 Å². The van der Waals surface area contributed by atoms with E-state index >= 15 is 0 Å². The Bertz CT molecular complexity index is 370. The Morgan fingerprint density at radius 3 is 2.85 bits per heavy atom. The summed E-state index contributed by atoms with van der Waals surface area (Å²) in [5.74, 6) is 0.171. The molecule has 0 saturated carbocycles. The Labute approximate surface area is 76.5 Å². The van der Waals surface area contributed by atoms with Crippen molar-refractivity contribution in [3.8, 4) is 0 Å². The first-order chi connectivity index (χ1) is 6.36. The maximum atomic E-state index is 11.7. The van der Waals surface area contributed by atoms with Crippen molar-refractivity contribution in [2.75, 3.05) is 0 Å². The first-order valence-electron chi connectivity index (χ1n) is 4.65. The molecular weight excluding hydrogens is 164 g/mol. The summed E-state index contributed by atoms with van der Waals surface area (Å²) in [5.41, 5.74) is 1.96. The monoisotopic (exact) mass is 174 g/mol. The largest absolute Gasteiger partial charge is 0.362 e. The molecule has 1 fully saturated rings. The molecule has 0 aromatic heterocycles. The summed E-state index contributed by atoms with van der Waals surface area (Å²) in [4.78, 5) is 11.7. The van der Waals surface area contributed by atoms with Crippen molar-refractivity contribution in [1.29, 1.82) is 0 Å². The van der Waals surface area contributed by atoms with Gasteiger partial charge in [0.15, 0.2) is 5.78 Å². The van der Waals surface area contributed by atoms with Crippen LogP contribution in [0.1, 0.15) is 34.9 Å². The number of carbonyl (C=O) groups excluding carboxylic acids is 1. The van der Waals surface area contributed by atoms with Crippen molar-refractivity contribution < 1.29 is 9.53 Å². The van der Waals surface area contributed by atoms with E-state index in [4.69, 9.17) is 4.74 Å². The number of benzene rings is 1. The number of fused-ring (bicyclic) bond motifs is 4. The minimum Gasteiger partial charge on any atom is -0.362 e. The number of rotatable bonds is 0. The number of ether oxygens (including phenoxy) is 1. The van der Waals surface area contributed by atoms with Gasteiger partial charge in [0.2, 0.25) is 0 Å². The van der Waals surface area contributed by atoms with Crippen LogP contribution in [0, 0.1) is 0 Å². The molecule has 1 aromatic carbocycles. The highest BCUT2D eigenvalue weighted by molar-refractivity contribution is 6.02. The summed E-state index contributed by atoms with van der Waals surface area (Å²) >= 11 is 0. The number of hydrogen-bond acceptors (Lipinski definition) is 2. The van der Waals surface area contributed by atoms with Gasteiger partial charge in [-0.1, -0.05) is 24.3 Å². The second kappa shape index (κ2) is 2.42. The zero-order valence-corrected chi connectivity index (χ0v) is 7.19. The molecule has 13 heavy (non-hydrogen) atoms. The van der Waals surface area contributed by atoms with Gasteiger partial charge in [-0.2, -0.15) is 0 Å². The maximum Gasteiger partial charge on any atom is 0.191 e. The molecule has 0 aliphatic carbocycles. The van der Waals surface area contributed by atoms with Gasteiger partial charge in [-0.25, -0.2) is 0 Å². The highest BCUT2D eigenvalue weighted by Crippen LogP contribution is 2.40. The summed E-state index contributed by atoms with van der Waals surface area (Å²) in [6, 6.07) is 7.79. The van der Waals surface area contributed by atoms with Gasteiger partial charge in [-0.05, 0) is 18.4 Å². The predicted octanol–water partition coefficient (Wildman–Crippen LogP) is 2.10. The van der Waals surface area contributed by atoms with Crippen LogP contribution in [0.15, 0.2) is 24.3 Å². The van der Waals surface area contributed by atoms with E-state index in [2.05, 4.69) is 0 Å². The Morgan fingerprint density at radius 2 is 1.92 bits per heavy atom. The molecule has 0 amide bonds. The minimum atomic E-state index is -0.153. The van der Waals surface area contributed by atoms with Gasteiger partial charge in [0.05, 0.1) is 6.10 Å². The van der Waals surface area contributed by atoms with Crippen molar-refractivity contribution in [3.05, 3.63) is 35.4 Å². The first kappa shape index (κ1) is 7.27. The lowest BCUT2D eigenvalue weighted by molar-refractivity contribution is 0.0288. The summed E-state index contributed by atoms with van der Waals surface area (Å²) in [5, 5.41) is 0. The molecule has 1 aromatic rings. The zero-order chi connectivity index (χ0) is 8.84. The van der Waals surface area contributed by atoms with E-state index in [0.717, 1.165) is 24.0 Å². The van der Waals surface area contributed by atoms with Crippen LogP contribution in [0.4, 0.5) is 0 Å². The first-order valence-corrected chi connectivity index (χ1v) is 4.65. The molecule has 0 radical (unpaired) electrons. The molecule has 2 heterocycles. The average Bonchev–Trinajstić information content (AvgIpc) is 2.61. The minimum absolute atomic E-state index is 0.153. The van der Waals surface area contributed by atoms with Crippen molar-refractivity contribution in [2.24, 2.45) is 0 Å². The highest BCUT2D eigenvalue weighted by atomic mass is 16.5. The maximum absolute atomic E-state index is 11.7. The molecule has 1 saturated heterocycles. The Kier molecular flexibility index (Phi) is 1.35. The molecule has 66 valence electrons. The Hall–Kier alpha value is -1.15. The highest BCUT2D eigenvalue weighted by Gasteiger charge is 2.39. The van der Waals surface area contributed by atoms with Gasteiger partial charge in [0.25, 0.3) is 0 Å². The van der Waals surface area contributed by atoms with Crippen LogP contribution in [-0.4, -0.2) is 11.9 Å². The predicted molar refractivity (Wildman–Crippen MR) is 47.6 cm³/mol. The topological polar surface area (TPSA) is 26.3 Å². The molecule has 2 heteroatoms. The molecular formula is C11H10O2. The lowest BCUT2D eigenvalue weighted by Gasteiger charge is -2.22. The van der Waals surface area contributed by atoms with E-state index in [1.54, 1.807) is 0 Å². The lowest BCUT2D eigenvalue weighted by atomic mass is 9.98. The molecule has 2 bridgehead atoms. The van der Waals surface area contributed by atoms with Crippen LogP contribution in [0.5, 0.6) is 0 Å². The molecule has 3 rings (SSSR count). The number of carbonyl (C=O) groups is 1. The van der Waals surface area contributed by atoms with E-state index in [0.29, 0.717) is 0 Å². The van der Waals surface area contributed by atoms with Crippen LogP contribution >= 0.6 is 0 Å². The van der Waals surface area contributed by atoms with E-state index in [9.17, 15) is 4.79 Å². The van der Waals surface area contributed by atoms with E-state index in [-0.39, 0.29) is 18.0 Å². The number of ketones is 1. The third kappa shape index (κ3) is 0.893. The summed E-state index contributed by atoms with van der Waals surface area (Å²) in [6.07, 6.45) is 1.91. The van der Waals surface area contributed by atoms with Gasteiger partial charge >= 0.3 is 0 Å². The quantitative estimate of drug-likeness (QED) is 0.602. The van der Waals surface area contributed by atoms with Crippen LogP contribution in [-0.2, 0) is 4.74 Å².